The van der Waals surface area contributed by atoms with Crippen molar-refractivity contribution in [2.75, 3.05) is 32.2 Å². The number of hydrogen-bond donors (Lipinski definition) is 1. The van der Waals surface area contributed by atoms with Gasteiger partial charge in [0.15, 0.2) is 0 Å². The summed E-state index contributed by atoms with van der Waals surface area (Å²) >= 11 is 1.54. The first-order valence-corrected chi connectivity index (χ1v) is 11.5. The average molecular weight is 451 g/mol. The molecular weight excluding hydrogens is 424 g/mol. The van der Waals surface area contributed by atoms with Gasteiger partial charge < -0.3 is 19.7 Å². The van der Waals surface area contributed by atoms with Crippen molar-refractivity contribution in [3.05, 3.63) is 82.0 Å². The summed E-state index contributed by atoms with van der Waals surface area (Å²) in [6.07, 6.45) is 0. The van der Waals surface area contributed by atoms with Crippen LogP contribution >= 0.6 is 11.3 Å². The Morgan fingerprint density at radius 3 is 2.62 bits per heavy atom. The third kappa shape index (κ3) is 4.26. The van der Waals surface area contributed by atoms with E-state index in [1.807, 2.05) is 66.9 Å². The van der Waals surface area contributed by atoms with E-state index in [0.29, 0.717) is 36.8 Å². The zero-order valence-electron chi connectivity index (χ0n) is 18.1. The van der Waals surface area contributed by atoms with Gasteiger partial charge in [-0.3, -0.25) is 9.59 Å². The van der Waals surface area contributed by atoms with Crippen molar-refractivity contribution in [2.45, 2.75) is 18.9 Å². The number of hydrogen-bond acceptors (Lipinski definition) is 5. The van der Waals surface area contributed by atoms with Gasteiger partial charge in [0.2, 0.25) is 5.91 Å². The predicted molar refractivity (Wildman–Crippen MR) is 125 cm³/mol. The summed E-state index contributed by atoms with van der Waals surface area (Å²) in [5, 5.41) is 5.03. The highest BCUT2D eigenvalue weighted by Crippen LogP contribution is 2.44. The first kappa shape index (κ1) is 22.0. The summed E-state index contributed by atoms with van der Waals surface area (Å²) in [6, 6.07) is 18.2. The van der Waals surface area contributed by atoms with Crippen LogP contribution in [0.4, 0.5) is 5.69 Å². The second-order valence-corrected chi connectivity index (χ2v) is 8.41. The van der Waals surface area contributed by atoms with Gasteiger partial charge in [0.25, 0.3) is 5.91 Å². The molecule has 3 aromatic rings. The van der Waals surface area contributed by atoms with Gasteiger partial charge in [-0.15, -0.1) is 11.3 Å². The number of methoxy groups -OCH3 is 1. The summed E-state index contributed by atoms with van der Waals surface area (Å²) in [7, 11) is 1.61. The van der Waals surface area contributed by atoms with Gasteiger partial charge in [-0.1, -0.05) is 36.4 Å². The SMILES string of the molecule is CCOc1ccccc1NC(=O)[C@@H]1c2ccccc2C(=O)N(CCOC)[C@@H]1c1cccs1. The number of amides is 2. The lowest BCUT2D eigenvalue weighted by Gasteiger charge is -2.41. The maximum Gasteiger partial charge on any atom is 0.254 e. The van der Waals surface area contributed by atoms with Crippen LogP contribution in [0, 0.1) is 0 Å². The maximum atomic E-state index is 13.8. The van der Waals surface area contributed by atoms with E-state index in [0.717, 1.165) is 10.4 Å². The third-order valence-corrected chi connectivity index (χ3v) is 6.48. The van der Waals surface area contributed by atoms with Gasteiger partial charge in [-0.25, -0.2) is 0 Å². The number of anilines is 1. The molecule has 166 valence electrons. The fourth-order valence-electron chi connectivity index (χ4n) is 4.15. The molecule has 1 aromatic heterocycles. The molecule has 0 unspecified atom stereocenters. The highest BCUT2D eigenvalue weighted by atomic mass is 32.1. The molecule has 2 atom stereocenters. The van der Waals surface area contributed by atoms with E-state index in [4.69, 9.17) is 9.47 Å². The molecule has 0 spiro atoms. The Morgan fingerprint density at radius 1 is 1.09 bits per heavy atom. The number of benzene rings is 2. The highest BCUT2D eigenvalue weighted by Gasteiger charge is 2.44. The number of nitrogens with zero attached hydrogens (tertiary/aromatic N) is 1. The van der Waals surface area contributed by atoms with Gasteiger partial charge in [-0.2, -0.15) is 0 Å². The van der Waals surface area contributed by atoms with Crippen molar-refractivity contribution < 1.29 is 19.1 Å². The van der Waals surface area contributed by atoms with Crippen molar-refractivity contribution in [1.82, 2.24) is 4.90 Å². The monoisotopic (exact) mass is 450 g/mol. The van der Waals surface area contributed by atoms with Crippen molar-refractivity contribution in [2.24, 2.45) is 0 Å². The van der Waals surface area contributed by atoms with E-state index in [2.05, 4.69) is 5.32 Å². The van der Waals surface area contributed by atoms with E-state index in [-0.39, 0.29) is 11.8 Å². The average Bonchev–Trinajstić information content (AvgIpc) is 3.34. The maximum absolute atomic E-state index is 13.8. The van der Waals surface area contributed by atoms with Crippen LogP contribution < -0.4 is 10.1 Å². The molecule has 6 nitrogen and oxygen atoms in total. The smallest absolute Gasteiger partial charge is 0.254 e. The van der Waals surface area contributed by atoms with Crippen LogP contribution in [0.2, 0.25) is 0 Å². The number of para-hydroxylation sites is 2. The molecule has 2 aromatic carbocycles. The number of fused-ring (bicyclic) bond motifs is 1. The number of ether oxygens (including phenoxy) is 2. The Hall–Kier alpha value is -3.16. The first-order chi connectivity index (χ1) is 15.7. The molecule has 2 heterocycles. The quantitative estimate of drug-likeness (QED) is 0.540. The molecule has 0 saturated heterocycles. The van der Waals surface area contributed by atoms with E-state index >= 15 is 0 Å². The van der Waals surface area contributed by atoms with Crippen LogP contribution in [0.1, 0.15) is 39.7 Å². The molecule has 7 heteroatoms. The van der Waals surface area contributed by atoms with Crippen LogP contribution in [0.3, 0.4) is 0 Å². The summed E-state index contributed by atoms with van der Waals surface area (Å²) in [5.74, 6) is -0.228. The first-order valence-electron chi connectivity index (χ1n) is 10.6. The van der Waals surface area contributed by atoms with Crippen molar-refractivity contribution >= 4 is 28.8 Å². The Bertz CT molecular complexity index is 1080. The van der Waals surface area contributed by atoms with Crippen LogP contribution in [-0.4, -0.2) is 43.6 Å². The fraction of sp³-hybridized carbons (Fsp3) is 0.280. The minimum absolute atomic E-state index is 0.0881. The second-order valence-electron chi connectivity index (χ2n) is 7.43. The highest BCUT2D eigenvalue weighted by molar-refractivity contribution is 7.10. The van der Waals surface area contributed by atoms with Gasteiger partial charge in [0, 0.05) is 24.1 Å². The number of rotatable bonds is 8. The topological polar surface area (TPSA) is 67.9 Å². The summed E-state index contributed by atoms with van der Waals surface area (Å²) < 4.78 is 11.0. The molecule has 32 heavy (non-hydrogen) atoms. The minimum atomic E-state index is -0.575. The van der Waals surface area contributed by atoms with Crippen molar-refractivity contribution in [1.29, 1.82) is 0 Å². The summed E-state index contributed by atoms with van der Waals surface area (Å²) in [6.45, 7) is 3.18. The van der Waals surface area contributed by atoms with Crippen LogP contribution in [0.25, 0.3) is 0 Å². The zero-order valence-corrected chi connectivity index (χ0v) is 18.9. The molecule has 1 N–H and O–H groups in total. The molecule has 0 bridgehead atoms. The Labute approximate surface area is 191 Å². The summed E-state index contributed by atoms with van der Waals surface area (Å²) in [5.41, 5.74) is 1.90. The Kier molecular flexibility index (Phi) is 6.87. The third-order valence-electron chi connectivity index (χ3n) is 5.54. The molecule has 1 aliphatic heterocycles. The lowest BCUT2D eigenvalue weighted by Crippen LogP contribution is -2.47. The molecular formula is C25H26N2O4S. The predicted octanol–water partition coefficient (Wildman–Crippen LogP) is 4.71. The van der Waals surface area contributed by atoms with E-state index in [1.165, 1.54) is 0 Å². The van der Waals surface area contributed by atoms with Gasteiger partial charge in [0.05, 0.1) is 30.9 Å². The number of carbonyl (C=O) groups is 2. The molecule has 0 radical (unpaired) electrons. The zero-order chi connectivity index (χ0) is 22.5. The number of nitrogens with one attached hydrogen (secondary N) is 1. The standard InChI is InChI=1S/C25H26N2O4S/c1-3-31-20-12-7-6-11-19(20)26-24(28)22-17-9-4-5-10-18(17)25(29)27(14-15-30-2)23(22)21-13-8-16-32-21/h4-13,16,22-23H,3,14-15H2,1-2H3,(H,26,28)/t22-,23-/m1/s1. The van der Waals surface area contributed by atoms with E-state index in [1.54, 1.807) is 29.4 Å². The minimum Gasteiger partial charge on any atom is -0.492 e. The number of thiophene rings is 1. The van der Waals surface area contributed by atoms with Gasteiger partial charge >= 0.3 is 0 Å². The largest absolute Gasteiger partial charge is 0.492 e. The number of carbonyl (C=O) groups excluding carboxylic acids is 2. The molecule has 4 rings (SSSR count). The van der Waals surface area contributed by atoms with Crippen LogP contribution in [0.5, 0.6) is 5.75 Å². The summed E-state index contributed by atoms with van der Waals surface area (Å²) in [4.78, 5) is 29.9. The lowest BCUT2D eigenvalue weighted by atomic mass is 9.81. The Balaban J connectivity index is 1.78. The fourth-order valence-corrected chi connectivity index (χ4v) is 5.02. The lowest BCUT2D eigenvalue weighted by molar-refractivity contribution is -0.119. The molecule has 0 fully saturated rings. The molecule has 0 aliphatic carbocycles. The molecule has 1 aliphatic rings. The Morgan fingerprint density at radius 2 is 1.88 bits per heavy atom. The van der Waals surface area contributed by atoms with Crippen molar-refractivity contribution in [3.8, 4) is 5.75 Å². The van der Waals surface area contributed by atoms with Crippen LogP contribution in [-0.2, 0) is 9.53 Å². The van der Waals surface area contributed by atoms with Crippen LogP contribution in [0.15, 0.2) is 66.0 Å². The van der Waals surface area contributed by atoms with Gasteiger partial charge in [-0.05, 0) is 42.1 Å². The second kappa shape index (κ2) is 9.97. The normalized spacial score (nSPS) is 17.7. The molecule has 2 amide bonds. The van der Waals surface area contributed by atoms with Gasteiger partial charge in [0.1, 0.15) is 5.75 Å². The van der Waals surface area contributed by atoms with E-state index in [9.17, 15) is 9.59 Å². The molecule has 0 saturated carbocycles. The van der Waals surface area contributed by atoms with E-state index < -0.39 is 12.0 Å². The van der Waals surface area contributed by atoms with Crippen molar-refractivity contribution in [3.63, 3.8) is 0 Å².